The summed E-state index contributed by atoms with van der Waals surface area (Å²) in [6.07, 6.45) is 14.1. The lowest BCUT2D eigenvalue weighted by Gasteiger charge is -2.26. The number of fused-ring (bicyclic) bond motifs is 1. The van der Waals surface area contributed by atoms with Gasteiger partial charge in [0, 0.05) is 9.97 Å². The maximum absolute atomic E-state index is 6.49. The van der Waals surface area contributed by atoms with Crippen molar-refractivity contribution in [2.75, 3.05) is 11.0 Å². The molecule has 138 valence electrons. The van der Waals surface area contributed by atoms with Crippen LogP contribution in [0, 0.1) is 0 Å². The zero-order chi connectivity index (χ0) is 17.7. The van der Waals surface area contributed by atoms with Crippen molar-refractivity contribution >= 4 is 22.6 Å². The van der Waals surface area contributed by atoms with Gasteiger partial charge in [-0.05, 0) is 67.6 Å². The fourth-order valence-corrected chi connectivity index (χ4v) is 4.94. The van der Waals surface area contributed by atoms with Gasteiger partial charge in [-0.3, -0.25) is 0 Å². The van der Waals surface area contributed by atoms with Crippen LogP contribution in [0.15, 0.2) is 30.4 Å². The number of unbranched alkanes of at least 4 members (excludes halogenated alkanes) is 1. The smallest absolute Gasteiger partial charge is 0.0651 e. The molecule has 0 spiro atoms. The van der Waals surface area contributed by atoms with Crippen molar-refractivity contribution in [1.29, 1.82) is 0 Å². The summed E-state index contributed by atoms with van der Waals surface area (Å²) in [6.45, 7) is 2.97. The minimum atomic E-state index is 0.0609. The molecule has 3 rings (SSSR count). The third-order valence-electron chi connectivity index (χ3n) is 5.84. The minimum absolute atomic E-state index is 0.0609. The molecule has 0 heterocycles. The number of aryl methyl sites for hydroxylation is 1. The minimum Gasteiger partial charge on any atom is -0.374 e. The van der Waals surface area contributed by atoms with Gasteiger partial charge in [-0.1, -0.05) is 66.3 Å². The van der Waals surface area contributed by atoms with Gasteiger partial charge in [0.2, 0.25) is 0 Å². The van der Waals surface area contributed by atoms with Crippen LogP contribution in [-0.4, -0.2) is 22.7 Å². The van der Waals surface area contributed by atoms with Crippen LogP contribution in [-0.2, 0) is 17.6 Å². The second kappa shape index (κ2) is 9.01. The first-order valence-electron chi connectivity index (χ1n) is 9.86. The number of benzene rings is 1. The Labute approximate surface area is 166 Å². The van der Waals surface area contributed by atoms with E-state index < -0.39 is 0 Å². The Hall–Kier alpha value is -0.390. The van der Waals surface area contributed by atoms with Gasteiger partial charge >= 0.3 is 0 Å². The molecular weight excluding hydrogens is 421 g/mol. The molecular formula is C22H32INO. The molecule has 0 radical (unpaired) electrons. The standard InChI is InChI=1S/C22H32INO/c1-2-3-4-5-12-25-21-9-8-17-13-18(6-7-19(17)14-21)20-10-11-22(24,15-20)16-23/h4-7,13,20-21H,2-3,8-12,14-16,24H2,1H3/b5-4-/t20-,21-,22+/m0/s1. The Morgan fingerprint density at radius 3 is 2.92 bits per heavy atom. The van der Waals surface area contributed by atoms with E-state index in [-0.39, 0.29) is 5.54 Å². The molecule has 0 unspecified atom stereocenters. The molecule has 2 aliphatic carbocycles. The van der Waals surface area contributed by atoms with Crippen molar-refractivity contribution in [3.63, 3.8) is 0 Å². The van der Waals surface area contributed by atoms with E-state index in [0.717, 1.165) is 43.1 Å². The van der Waals surface area contributed by atoms with E-state index in [0.29, 0.717) is 12.0 Å². The number of halogens is 1. The number of hydrogen-bond donors (Lipinski definition) is 1. The average Bonchev–Trinajstić information content (AvgIpc) is 3.04. The predicted octanol–water partition coefficient (Wildman–Crippen LogP) is 5.32. The van der Waals surface area contributed by atoms with Gasteiger partial charge in [-0.2, -0.15) is 0 Å². The van der Waals surface area contributed by atoms with Crippen LogP contribution >= 0.6 is 22.6 Å². The summed E-state index contributed by atoms with van der Waals surface area (Å²) in [5.74, 6) is 0.655. The highest BCUT2D eigenvalue weighted by atomic mass is 127. The molecule has 1 aromatic carbocycles. The summed E-state index contributed by atoms with van der Waals surface area (Å²) < 4.78 is 7.12. The quantitative estimate of drug-likeness (QED) is 0.345. The molecule has 2 nitrogen and oxygen atoms in total. The Bertz CT molecular complexity index is 600. The number of hydrogen-bond acceptors (Lipinski definition) is 2. The molecule has 0 aromatic heterocycles. The van der Waals surface area contributed by atoms with Gasteiger partial charge in [0.15, 0.2) is 0 Å². The van der Waals surface area contributed by atoms with Crippen LogP contribution in [0.4, 0.5) is 0 Å². The van der Waals surface area contributed by atoms with Crippen molar-refractivity contribution in [3.05, 3.63) is 47.0 Å². The first kappa shape index (κ1) is 19.4. The van der Waals surface area contributed by atoms with Gasteiger partial charge in [0.05, 0.1) is 12.7 Å². The Balaban J connectivity index is 1.56. The van der Waals surface area contributed by atoms with Crippen LogP contribution in [0.25, 0.3) is 0 Å². The van der Waals surface area contributed by atoms with Crippen LogP contribution in [0.2, 0.25) is 0 Å². The monoisotopic (exact) mass is 453 g/mol. The van der Waals surface area contributed by atoms with Gasteiger partial charge in [0.1, 0.15) is 0 Å². The van der Waals surface area contributed by atoms with E-state index in [4.69, 9.17) is 10.5 Å². The fourth-order valence-electron chi connectivity index (χ4n) is 4.24. The maximum atomic E-state index is 6.49. The van der Waals surface area contributed by atoms with E-state index in [9.17, 15) is 0 Å². The Morgan fingerprint density at radius 1 is 1.28 bits per heavy atom. The number of rotatable bonds is 7. The first-order chi connectivity index (χ1) is 12.1. The first-order valence-corrected chi connectivity index (χ1v) is 11.4. The molecule has 0 bridgehead atoms. The number of ether oxygens (including phenoxy) is 1. The normalized spacial score (nSPS) is 29.2. The third kappa shape index (κ3) is 5.08. The van der Waals surface area contributed by atoms with Gasteiger partial charge in [-0.25, -0.2) is 0 Å². The topological polar surface area (TPSA) is 35.2 Å². The Kier molecular flexibility index (Phi) is 6.98. The average molecular weight is 453 g/mol. The highest BCUT2D eigenvalue weighted by molar-refractivity contribution is 14.1. The number of allylic oxidation sites excluding steroid dienone is 1. The fraction of sp³-hybridized carbons (Fsp3) is 0.636. The molecule has 0 aliphatic heterocycles. The molecule has 2 aliphatic rings. The van der Waals surface area contributed by atoms with E-state index in [2.05, 4.69) is 59.9 Å². The van der Waals surface area contributed by atoms with Crippen molar-refractivity contribution in [2.24, 2.45) is 5.73 Å². The van der Waals surface area contributed by atoms with Crippen molar-refractivity contribution in [2.45, 2.75) is 75.9 Å². The van der Waals surface area contributed by atoms with E-state index in [1.54, 1.807) is 5.56 Å². The summed E-state index contributed by atoms with van der Waals surface area (Å²) in [7, 11) is 0. The largest absolute Gasteiger partial charge is 0.374 e. The van der Waals surface area contributed by atoms with Gasteiger partial charge in [-0.15, -0.1) is 0 Å². The summed E-state index contributed by atoms with van der Waals surface area (Å²) >= 11 is 2.45. The summed E-state index contributed by atoms with van der Waals surface area (Å²) in [5.41, 5.74) is 11.1. The summed E-state index contributed by atoms with van der Waals surface area (Å²) in [4.78, 5) is 0. The maximum Gasteiger partial charge on any atom is 0.0651 e. The molecule has 1 saturated carbocycles. The van der Waals surface area contributed by atoms with Gasteiger partial charge in [0.25, 0.3) is 0 Å². The third-order valence-corrected chi connectivity index (χ3v) is 7.36. The summed E-state index contributed by atoms with van der Waals surface area (Å²) in [6, 6.07) is 7.18. The zero-order valence-electron chi connectivity index (χ0n) is 15.5. The molecule has 1 fully saturated rings. The van der Waals surface area contributed by atoms with E-state index >= 15 is 0 Å². The molecule has 2 N–H and O–H groups in total. The highest BCUT2D eigenvalue weighted by Gasteiger charge is 2.35. The van der Waals surface area contributed by atoms with Crippen molar-refractivity contribution in [1.82, 2.24) is 0 Å². The molecule has 3 heteroatoms. The predicted molar refractivity (Wildman–Crippen MR) is 115 cm³/mol. The molecule has 1 aromatic rings. The second-order valence-corrected chi connectivity index (χ2v) is 8.68. The number of alkyl halides is 1. The van der Waals surface area contributed by atoms with E-state index in [1.165, 1.54) is 30.4 Å². The van der Waals surface area contributed by atoms with E-state index in [1.807, 2.05) is 0 Å². The van der Waals surface area contributed by atoms with Crippen molar-refractivity contribution < 1.29 is 4.74 Å². The van der Waals surface area contributed by atoms with Crippen LogP contribution in [0.3, 0.4) is 0 Å². The lowest BCUT2D eigenvalue weighted by Crippen LogP contribution is -2.38. The highest BCUT2D eigenvalue weighted by Crippen LogP contribution is 2.41. The summed E-state index contributed by atoms with van der Waals surface area (Å²) in [5, 5.41) is 0. The zero-order valence-corrected chi connectivity index (χ0v) is 17.6. The van der Waals surface area contributed by atoms with Crippen LogP contribution in [0.1, 0.15) is 68.1 Å². The lowest BCUT2D eigenvalue weighted by atomic mass is 9.85. The van der Waals surface area contributed by atoms with Crippen molar-refractivity contribution in [3.8, 4) is 0 Å². The van der Waals surface area contributed by atoms with Gasteiger partial charge < -0.3 is 10.5 Å². The van der Waals surface area contributed by atoms with Crippen LogP contribution in [0.5, 0.6) is 0 Å². The molecule has 0 amide bonds. The molecule has 25 heavy (non-hydrogen) atoms. The SMILES string of the molecule is CCC/C=C\CO[C@H]1CCc2cc([C@H]3CC[C@](N)(CI)C3)ccc2C1. The molecule has 0 saturated heterocycles. The van der Waals surface area contributed by atoms with Crippen LogP contribution < -0.4 is 5.73 Å². The second-order valence-electron chi connectivity index (χ2n) is 7.92. The molecule has 3 atom stereocenters. The Morgan fingerprint density at radius 2 is 2.16 bits per heavy atom. The lowest BCUT2D eigenvalue weighted by molar-refractivity contribution is 0.0641. The number of nitrogens with two attached hydrogens (primary N) is 1.